The zero-order valence-electron chi connectivity index (χ0n) is 15.1. The average molecular weight is 456 g/mol. The molecule has 0 radical (unpaired) electrons. The summed E-state index contributed by atoms with van der Waals surface area (Å²) in [5.74, 6) is 0. The van der Waals surface area contributed by atoms with Crippen LogP contribution in [-0.2, 0) is 15.6 Å². The maximum atomic E-state index is 13.1. The highest BCUT2D eigenvalue weighted by Crippen LogP contribution is 2.39. The predicted molar refractivity (Wildman–Crippen MR) is 103 cm³/mol. The summed E-state index contributed by atoms with van der Waals surface area (Å²) < 4.78 is 66.4. The third kappa shape index (κ3) is 4.25. The molecule has 0 unspecified atom stereocenters. The van der Waals surface area contributed by atoms with Crippen molar-refractivity contribution in [2.24, 2.45) is 0 Å². The summed E-state index contributed by atoms with van der Waals surface area (Å²) >= 11 is 11.9. The first kappa shape index (κ1) is 22.8. The first-order valence-corrected chi connectivity index (χ1v) is 10.3. The highest BCUT2D eigenvalue weighted by atomic mass is 35.5. The Labute approximate surface area is 171 Å². The van der Waals surface area contributed by atoms with Crippen LogP contribution in [0.5, 0.6) is 0 Å². The van der Waals surface area contributed by atoms with Gasteiger partial charge in [-0.2, -0.15) is 13.2 Å². The molecule has 10 heteroatoms. The van der Waals surface area contributed by atoms with E-state index in [-0.39, 0.29) is 20.6 Å². The molecule has 154 valence electrons. The second-order valence-electron chi connectivity index (χ2n) is 6.59. The van der Waals surface area contributed by atoms with Gasteiger partial charge in [-0.25, -0.2) is 8.42 Å². The quantitative estimate of drug-likeness (QED) is 0.659. The van der Waals surface area contributed by atoms with Crippen LogP contribution in [0.15, 0.2) is 47.4 Å². The summed E-state index contributed by atoms with van der Waals surface area (Å²) in [6.07, 6.45) is -4.88. The number of hydrogen-bond acceptors (Lipinski definition) is 3. The van der Waals surface area contributed by atoms with E-state index in [1.54, 1.807) is 13.8 Å². The molecular formula is C18H18Cl2F3NO3S. The Morgan fingerprint density at radius 1 is 1.04 bits per heavy atom. The third-order valence-corrected chi connectivity index (χ3v) is 6.86. The number of nitrogens with zero attached hydrogens (tertiary/aromatic N) is 1. The fourth-order valence-electron chi connectivity index (χ4n) is 2.59. The van der Waals surface area contributed by atoms with Gasteiger partial charge in [-0.3, -0.25) is 4.31 Å². The third-order valence-electron chi connectivity index (χ3n) is 4.14. The van der Waals surface area contributed by atoms with E-state index in [9.17, 15) is 26.7 Å². The first-order chi connectivity index (χ1) is 12.7. The molecular weight excluding hydrogens is 438 g/mol. The molecule has 1 atom stereocenters. The molecule has 2 rings (SSSR count). The van der Waals surface area contributed by atoms with Crippen LogP contribution in [0.2, 0.25) is 10.0 Å². The van der Waals surface area contributed by atoms with E-state index >= 15 is 0 Å². The molecule has 0 bridgehead atoms. The summed E-state index contributed by atoms with van der Waals surface area (Å²) in [7, 11) is -4.15. The van der Waals surface area contributed by atoms with Gasteiger partial charge in [-0.05, 0) is 56.7 Å². The van der Waals surface area contributed by atoms with Gasteiger partial charge < -0.3 is 5.11 Å². The fraction of sp³-hybridized carbons (Fsp3) is 0.333. The van der Waals surface area contributed by atoms with Crippen molar-refractivity contribution in [3.8, 4) is 0 Å². The number of anilines is 1. The Hall–Kier alpha value is -1.48. The van der Waals surface area contributed by atoms with Crippen molar-refractivity contribution in [2.45, 2.75) is 43.5 Å². The van der Waals surface area contributed by atoms with E-state index in [0.29, 0.717) is 6.92 Å². The van der Waals surface area contributed by atoms with Crippen molar-refractivity contribution in [2.75, 3.05) is 4.31 Å². The van der Waals surface area contributed by atoms with Gasteiger partial charge in [0.15, 0.2) is 5.60 Å². The van der Waals surface area contributed by atoms with Crippen LogP contribution in [0.3, 0.4) is 0 Å². The van der Waals surface area contributed by atoms with E-state index in [1.807, 2.05) is 0 Å². The smallest absolute Gasteiger partial charge is 0.376 e. The molecule has 0 aliphatic carbocycles. The van der Waals surface area contributed by atoms with Gasteiger partial charge in [-0.1, -0.05) is 35.3 Å². The summed E-state index contributed by atoms with van der Waals surface area (Å²) in [6, 6.07) is 7.89. The van der Waals surface area contributed by atoms with E-state index in [2.05, 4.69) is 0 Å². The van der Waals surface area contributed by atoms with Crippen LogP contribution in [-0.4, -0.2) is 25.7 Å². The molecule has 0 amide bonds. The largest absolute Gasteiger partial charge is 0.421 e. The maximum absolute atomic E-state index is 13.1. The molecule has 0 saturated heterocycles. The number of benzene rings is 2. The molecule has 0 aromatic heterocycles. The molecule has 0 heterocycles. The molecule has 2 aromatic rings. The normalized spacial score (nSPS) is 14.8. The van der Waals surface area contributed by atoms with Crippen LogP contribution >= 0.6 is 23.2 Å². The van der Waals surface area contributed by atoms with Crippen molar-refractivity contribution in [3.63, 3.8) is 0 Å². The summed E-state index contributed by atoms with van der Waals surface area (Å²) in [6.45, 7) is 3.84. The van der Waals surface area contributed by atoms with Crippen LogP contribution in [0.1, 0.15) is 26.3 Å². The van der Waals surface area contributed by atoms with Gasteiger partial charge in [0.25, 0.3) is 10.0 Å². The van der Waals surface area contributed by atoms with Crippen molar-refractivity contribution >= 4 is 38.9 Å². The Morgan fingerprint density at radius 2 is 1.57 bits per heavy atom. The maximum Gasteiger partial charge on any atom is 0.421 e. The number of rotatable bonds is 5. The summed E-state index contributed by atoms with van der Waals surface area (Å²) in [5, 5.41) is 9.91. The lowest BCUT2D eigenvalue weighted by Gasteiger charge is -2.30. The van der Waals surface area contributed by atoms with E-state index in [0.717, 1.165) is 16.4 Å². The van der Waals surface area contributed by atoms with Crippen molar-refractivity contribution < 1.29 is 26.7 Å². The minimum atomic E-state index is -4.88. The number of halogens is 5. The minimum Gasteiger partial charge on any atom is -0.376 e. The minimum absolute atomic E-state index is 0.0355. The van der Waals surface area contributed by atoms with Gasteiger partial charge in [0.2, 0.25) is 0 Å². The van der Waals surface area contributed by atoms with Gasteiger partial charge in [-0.15, -0.1) is 0 Å². The first-order valence-electron chi connectivity index (χ1n) is 8.08. The molecule has 0 spiro atoms. The van der Waals surface area contributed by atoms with E-state index < -0.39 is 33.4 Å². The number of alkyl halides is 3. The molecule has 0 aliphatic rings. The topological polar surface area (TPSA) is 57.6 Å². The number of sulfonamides is 1. The van der Waals surface area contributed by atoms with Gasteiger partial charge >= 0.3 is 6.18 Å². The lowest BCUT2D eigenvalue weighted by molar-refractivity contribution is -0.258. The fourth-order valence-corrected chi connectivity index (χ4v) is 5.00. The standard InChI is InChI=1S/C18H18Cl2F3NO3S/c1-11(2)24(28(26,27)16-10-13(19)6-9-15(16)20)14-7-4-12(5-8-14)17(3,25)18(21,22)23/h4-11,25H,1-3H3/t17-/m1/s1. The lowest BCUT2D eigenvalue weighted by Crippen LogP contribution is -2.39. The van der Waals surface area contributed by atoms with Crippen molar-refractivity contribution in [3.05, 3.63) is 58.1 Å². The SMILES string of the molecule is CC(C)N(c1ccc([C@@](C)(O)C(F)(F)F)cc1)S(=O)(=O)c1cc(Cl)ccc1Cl. The highest BCUT2D eigenvalue weighted by Gasteiger charge is 2.51. The molecule has 0 saturated carbocycles. The molecule has 1 N–H and O–H groups in total. The van der Waals surface area contributed by atoms with E-state index in [4.69, 9.17) is 23.2 Å². The second-order valence-corrected chi connectivity index (χ2v) is 9.21. The van der Waals surface area contributed by atoms with Gasteiger partial charge in [0, 0.05) is 11.1 Å². The Bertz CT molecular complexity index is 959. The second kappa shape index (κ2) is 7.74. The highest BCUT2D eigenvalue weighted by molar-refractivity contribution is 7.93. The summed E-state index contributed by atoms with van der Waals surface area (Å²) in [5.41, 5.74) is -3.36. The lowest BCUT2D eigenvalue weighted by atomic mass is 9.95. The Morgan fingerprint density at radius 3 is 2.04 bits per heavy atom. The van der Waals surface area contributed by atoms with Crippen LogP contribution < -0.4 is 4.31 Å². The van der Waals surface area contributed by atoms with Crippen LogP contribution in [0.4, 0.5) is 18.9 Å². The van der Waals surface area contributed by atoms with Gasteiger partial charge in [0.1, 0.15) is 4.90 Å². The zero-order chi connectivity index (χ0) is 21.5. The molecule has 28 heavy (non-hydrogen) atoms. The summed E-state index contributed by atoms with van der Waals surface area (Å²) in [4.78, 5) is -0.221. The number of aliphatic hydroxyl groups is 1. The molecule has 0 aliphatic heterocycles. The molecule has 2 aromatic carbocycles. The van der Waals surface area contributed by atoms with Crippen LogP contribution in [0.25, 0.3) is 0 Å². The average Bonchev–Trinajstić information content (AvgIpc) is 2.56. The van der Waals surface area contributed by atoms with Gasteiger partial charge in [0.05, 0.1) is 10.7 Å². The van der Waals surface area contributed by atoms with Crippen molar-refractivity contribution in [1.29, 1.82) is 0 Å². The van der Waals surface area contributed by atoms with Crippen molar-refractivity contribution in [1.82, 2.24) is 0 Å². The monoisotopic (exact) mass is 455 g/mol. The van der Waals surface area contributed by atoms with Crippen LogP contribution in [0, 0.1) is 0 Å². The zero-order valence-corrected chi connectivity index (χ0v) is 17.5. The Kier molecular flexibility index (Phi) is 6.31. The Balaban J connectivity index is 2.55. The van der Waals surface area contributed by atoms with E-state index in [1.165, 1.54) is 30.3 Å². The predicted octanol–water partition coefficient (Wildman–Crippen LogP) is 5.37. The molecule has 4 nitrogen and oxygen atoms in total. The number of hydrogen-bond donors (Lipinski definition) is 1. The molecule has 0 fully saturated rings.